The van der Waals surface area contributed by atoms with E-state index in [1.54, 1.807) is 4.90 Å². The van der Waals surface area contributed by atoms with Gasteiger partial charge in [-0.25, -0.2) is 0 Å². The van der Waals surface area contributed by atoms with Crippen LogP contribution in [0.15, 0.2) is 60.7 Å². The summed E-state index contributed by atoms with van der Waals surface area (Å²) in [6, 6.07) is 19.9. The molecule has 4 aliphatic carbocycles. The van der Waals surface area contributed by atoms with Gasteiger partial charge in [0, 0.05) is 19.1 Å². The zero-order valence-electron chi connectivity index (χ0n) is 19.0. The van der Waals surface area contributed by atoms with Gasteiger partial charge in [0.2, 0.25) is 0 Å². The molecule has 32 heavy (non-hydrogen) atoms. The summed E-state index contributed by atoms with van der Waals surface area (Å²) in [6.07, 6.45) is 7.77. The molecule has 1 atom stereocenters. The third-order valence-electron chi connectivity index (χ3n) is 8.27. The molecule has 6 rings (SSSR count). The van der Waals surface area contributed by atoms with Crippen LogP contribution in [-0.4, -0.2) is 22.8 Å². The molecule has 1 unspecified atom stereocenters. The third kappa shape index (κ3) is 4.32. The molecule has 2 aromatic carbocycles. The molecular weight excluding hydrogens is 396 g/mol. The van der Waals surface area contributed by atoms with Crippen molar-refractivity contribution < 1.29 is 9.59 Å². The SMILES string of the molecule is CC(NC(=O)C(=O)N(Cc1ccccc1)Cc1ccccc1)C12CC3CC(CC(C3)C1)C2. The lowest BCUT2D eigenvalue weighted by Crippen LogP contribution is -2.57. The lowest BCUT2D eigenvalue weighted by molar-refractivity contribution is -0.148. The Kier molecular flexibility index (Phi) is 5.79. The van der Waals surface area contributed by atoms with Gasteiger partial charge in [0.15, 0.2) is 0 Å². The van der Waals surface area contributed by atoms with Crippen molar-refractivity contribution in [2.24, 2.45) is 23.2 Å². The average Bonchev–Trinajstić information content (AvgIpc) is 2.78. The van der Waals surface area contributed by atoms with E-state index in [0.717, 1.165) is 28.9 Å². The van der Waals surface area contributed by atoms with Crippen LogP contribution >= 0.6 is 0 Å². The fraction of sp³-hybridized carbons (Fsp3) is 0.500. The Hall–Kier alpha value is -2.62. The Morgan fingerprint density at radius 1 is 0.844 bits per heavy atom. The smallest absolute Gasteiger partial charge is 0.312 e. The van der Waals surface area contributed by atoms with Crippen molar-refractivity contribution in [1.29, 1.82) is 0 Å². The number of hydrogen-bond donors (Lipinski definition) is 1. The van der Waals surface area contributed by atoms with Crippen LogP contribution < -0.4 is 5.32 Å². The van der Waals surface area contributed by atoms with Gasteiger partial charge < -0.3 is 10.2 Å². The number of nitrogens with one attached hydrogen (secondary N) is 1. The maximum absolute atomic E-state index is 13.3. The molecule has 4 heteroatoms. The summed E-state index contributed by atoms with van der Waals surface area (Å²) in [4.78, 5) is 28.2. The van der Waals surface area contributed by atoms with E-state index in [9.17, 15) is 9.59 Å². The minimum absolute atomic E-state index is 0.0441. The first-order valence-electron chi connectivity index (χ1n) is 12.2. The summed E-state index contributed by atoms with van der Waals surface area (Å²) in [5, 5.41) is 3.16. The van der Waals surface area contributed by atoms with E-state index in [1.165, 1.54) is 38.5 Å². The molecule has 4 nitrogen and oxygen atoms in total. The summed E-state index contributed by atoms with van der Waals surface area (Å²) in [5.41, 5.74) is 2.24. The van der Waals surface area contributed by atoms with Gasteiger partial charge in [0.05, 0.1) is 0 Å². The molecule has 4 aliphatic rings. The Balaban J connectivity index is 1.29. The molecular formula is C28H34N2O2. The highest BCUT2D eigenvalue weighted by molar-refractivity contribution is 6.35. The number of benzene rings is 2. The zero-order valence-corrected chi connectivity index (χ0v) is 19.0. The zero-order chi connectivity index (χ0) is 22.1. The minimum Gasteiger partial charge on any atom is -0.345 e. The first-order chi connectivity index (χ1) is 15.5. The molecule has 1 N–H and O–H groups in total. The Morgan fingerprint density at radius 2 is 1.28 bits per heavy atom. The number of carbonyl (C=O) groups is 2. The minimum atomic E-state index is -0.458. The monoisotopic (exact) mass is 430 g/mol. The van der Waals surface area contributed by atoms with Gasteiger partial charge in [0.25, 0.3) is 0 Å². The highest BCUT2D eigenvalue weighted by Crippen LogP contribution is 2.61. The largest absolute Gasteiger partial charge is 0.345 e. The lowest BCUT2D eigenvalue weighted by Gasteiger charge is -2.59. The Labute approximate surface area is 191 Å². The number of carbonyl (C=O) groups excluding carboxylic acids is 2. The number of rotatable bonds is 6. The lowest BCUT2D eigenvalue weighted by atomic mass is 9.48. The third-order valence-corrected chi connectivity index (χ3v) is 8.27. The second kappa shape index (κ2) is 8.73. The van der Waals surface area contributed by atoms with Crippen LogP contribution in [0.2, 0.25) is 0 Å². The molecule has 2 amide bonds. The molecule has 0 saturated heterocycles. The van der Waals surface area contributed by atoms with Crippen LogP contribution in [0.3, 0.4) is 0 Å². The van der Waals surface area contributed by atoms with Gasteiger partial charge in [-0.15, -0.1) is 0 Å². The van der Waals surface area contributed by atoms with Gasteiger partial charge in [-0.3, -0.25) is 9.59 Å². The van der Waals surface area contributed by atoms with Gasteiger partial charge in [-0.2, -0.15) is 0 Å². The molecule has 4 bridgehead atoms. The van der Waals surface area contributed by atoms with Crippen LogP contribution in [0.25, 0.3) is 0 Å². The first-order valence-corrected chi connectivity index (χ1v) is 12.2. The second-order valence-corrected chi connectivity index (χ2v) is 10.6. The van der Waals surface area contributed by atoms with Crippen LogP contribution in [0.5, 0.6) is 0 Å². The number of amides is 2. The number of hydrogen-bond acceptors (Lipinski definition) is 2. The Bertz CT molecular complexity index is 879. The van der Waals surface area contributed by atoms with E-state index in [4.69, 9.17) is 0 Å². The Morgan fingerprint density at radius 3 is 1.72 bits per heavy atom. The summed E-state index contributed by atoms with van der Waals surface area (Å²) in [5.74, 6) is 1.58. The fourth-order valence-corrected chi connectivity index (χ4v) is 7.07. The van der Waals surface area contributed by atoms with Gasteiger partial charge in [0.1, 0.15) is 0 Å². The van der Waals surface area contributed by atoms with Crippen LogP contribution in [0.4, 0.5) is 0 Å². The fourth-order valence-electron chi connectivity index (χ4n) is 7.07. The van der Waals surface area contributed by atoms with Crippen LogP contribution in [0, 0.1) is 23.2 Å². The molecule has 2 aromatic rings. The van der Waals surface area contributed by atoms with E-state index in [-0.39, 0.29) is 11.5 Å². The van der Waals surface area contributed by atoms with Crippen molar-refractivity contribution in [2.75, 3.05) is 0 Å². The molecule has 4 saturated carbocycles. The molecule has 0 heterocycles. The maximum Gasteiger partial charge on any atom is 0.312 e. The number of nitrogens with zero attached hydrogens (tertiary/aromatic N) is 1. The van der Waals surface area contributed by atoms with Crippen molar-refractivity contribution >= 4 is 11.8 Å². The molecule has 0 aliphatic heterocycles. The predicted octanol–water partition coefficient (Wildman–Crippen LogP) is 4.94. The normalized spacial score (nSPS) is 28.8. The maximum atomic E-state index is 13.3. The first kappa shape index (κ1) is 21.2. The standard InChI is InChI=1S/C28H34N2O2/c1-20(28-15-23-12-24(16-28)14-25(13-23)17-28)29-26(31)27(32)30(18-21-8-4-2-5-9-21)19-22-10-6-3-7-11-22/h2-11,20,23-25H,12-19H2,1H3,(H,29,31). The molecule has 168 valence electrons. The molecule has 4 fully saturated rings. The van der Waals surface area contributed by atoms with Crippen molar-refractivity contribution in [3.05, 3.63) is 71.8 Å². The van der Waals surface area contributed by atoms with Crippen molar-refractivity contribution in [2.45, 2.75) is 64.6 Å². The summed E-state index contributed by atoms with van der Waals surface area (Å²) in [7, 11) is 0. The van der Waals surface area contributed by atoms with Crippen LogP contribution in [-0.2, 0) is 22.7 Å². The topological polar surface area (TPSA) is 49.4 Å². The van der Waals surface area contributed by atoms with E-state index in [1.807, 2.05) is 60.7 Å². The van der Waals surface area contributed by atoms with Gasteiger partial charge in [-0.05, 0) is 79.7 Å². The van der Waals surface area contributed by atoms with Crippen LogP contribution in [0.1, 0.15) is 56.6 Å². The molecule has 0 radical (unpaired) electrons. The second-order valence-electron chi connectivity index (χ2n) is 10.6. The van der Waals surface area contributed by atoms with E-state index in [0.29, 0.717) is 13.1 Å². The van der Waals surface area contributed by atoms with E-state index >= 15 is 0 Å². The van der Waals surface area contributed by atoms with Crippen molar-refractivity contribution in [1.82, 2.24) is 10.2 Å². The van der Waals surface area contributed by atoms with Crippen molar-refractivity contribution in [3.8, 4) is 0 Å². The van der Waals surface area contributed by atoms with E-state index < -0.39 is 11.8 Å². The highest BCUT2D eigenvalue weighted by Gasteiger charge is 2.53. The van der Waals surface area contributed by atoms with Crippen molar-refractivity contribution in [3.63, 3.8) is 0 Å². The average molecular weight is 431 g/mol. The highest BCUT2D eigenvalue weighted by atomic mass is 16.2. The molecule has 0 spiro atoms. The van der Waals surface area contributed by atoms with Gasteiger partial charge in [-0.1, -0.05) is 60.7 Å². The summed E-state index contributed by atoms with van der Waals surface area (Å²) in [6.45, 7) is 2.98. The molecule has 0 aromatic heterocycles. The quantitative estimate of drug-likeness (QED) is 0.660. The summed E-state index contributed by atoms with van der Waals surface area (Å²) >= 11 is 0. The van der Waals surface area contributed by atoms with E-state index in [2.05, 4.69) is 12.2 Å². The van der Waals surface area contributed by atoms with Gasteiger partial charge >= 0.3 is 11.8 Å². The summed E-state index contributed by atoms with van der Waals surface area (Å²) < 4.78 is 0. The predicted molar refractivity (Wildman–Crippen MR) is 125 cm³/mol.